The molecule has 1 aromatic rings. The number of aromatic nitrogens is 1. The van der Waals surface area contributed by atoms with Gasteiger partial charge in [-0.15, -0.1) is 0 Å². The molecule has 0 amide bonds. The van der Waals surface area contributed by atoms with Crippen LogP contribution in [0.25, 0.3) is 0 Å². The van der Waals surface area contributed by atoms with Crippen molar-refractivity contribution in [3.63, 3.8) is 0 Å². The van der Waals surface area contributed by atoms with Gasteiger partial charge in [0.25, 0.3) is 0 Å². The molecule has 0 aliphatic carbocycles. The lowest BCUT2D eigenvalue weighted by atomic mass is 10.2. The Balaban J connectivity index is 2.03. The third kappa shape index (κ3) is 2.25. The van der Waals surface area contributed by atoms with Gasteiger partial charge < -0.3 is 0 Å². The minimum atomic E-state index is 0.460. The van der Waals surface area contributed by atoms with Gasteiger partial charge >= 0.3 is 0 Å². The van der Waals surface area contributed by atoms with Crippen molar-refractivity contribution in [2.75, 3.05) is 6.54 Å². The van der Waals surface area contributed by atoms with E-state index in [2.05, 4.69) is 16.8 Å². The molecule has 2 rings (SSSR count). The van der Waals surface area contributed by atoms with E-state index < -0.39 is 0 Å². The molecule has 1 radical (unpaired) electrons. The summed E-state index contributed by atoms with van der Waals surface area (Å²) in [5.74, 6) is 0. The second kappa shape index (κ2) is 4.28. The van der Waals surface area contributed by atoms with Crippen LogP contribution in [0.2, 0.25) is 5.15 Å². The highest BCUT2D eigenvalue weighted by atomic mass is 35.5. The second-order valence-corrected chi connectivity index (χ2v) is 4.14. The Morgan fingerprint density at radius 2 is 2.50 bits per heavy atom. The molecule has 0 bridgehead atoms. The van der Waals surface area contributed by atoms with E-state index in [0.717, 1.165) is 13.1 Å². The van der Waals surface area contributed by atoms with E-state index >= 15 is 0 Å². The van der Waals surface area contributed by atoms with Gasteiger partial charge in [-0.3, -0.25) is 4.90 Å². The van der Waals surface area contributed by atoms with Crippen LogP contribution in [0.15, 0.2) is 18.3 Å². The number of nitrogens with zero attached hydrogens (tertiary/aromatic N) is 2. The number of rotatable bonds is 2. The van der Waals surface area contributed by atoms with E-state index in [9.17, 15) is 0 Å². The normalized spacial score (nSPS) is 22.9. The molecule has 1 saturated heterocycles. The molecule has 1 aromatic heterocycles. The predicted octanol–water partition coefficient (Wildman–Crippen LogP) is 2.53. The van der Waals surface area contributed by atoms with Crippen LogP contribution < -0.4 is 0 Å². The first-order valence-electron chi connectivity index (χ1n) is 4.93. The maximum absolute atomic E-state index is 5.82. The Hall–Kier alpha value is -0.600. The Labute approximate surface area is 89.9 Å². The molecule has 14 heavy (non-hydrogen) atoms. The van der Waals surface area contributed by atoms with Crippen molar-refractivity contribution in [1.29, 1.82) is 0 Å². The minimum Gasteiger partial charge on any atom is -0.296 e. The van der Waals surface area contributed by atoms with Crippen LogP contribution in [-0.4, -0.2) is 22.5 Å². The molecule has 2 nitrogen and oxygen atoms in total. The summed E-state index contributed by atoms with van der Waals surface area (Å²) in [5, 5.41) is 0.572. The summed E-state index contributed by atoms with van der Waals surface area (Å²) >= 11 is 5.82. The molecule has 2 heterocycles. The van der Waals surface area contributed by atoms with Gasteiger partial charge in [-0.05, 0) is 44.0 Å². The summed E-state index contributed by atoms with van der Waals surface area (Å²) in [6.07, 6.45) is 4.22. The summed E-state index contributed by atoms with van der Waals surface area (Å²) in [6, 6.07) is 4.39. The van der Waals surface area contributed by atoms with Gasteiger partial charge in [-0.2, -0.15) is 0 Å². The fraction of sp³-hybridized carbons (Fsp3) is 0.455. The molecular formula is C11H14ClN2. The van der Waals surface area contributed by atoms with Crippen molar-refractivity contribution >= 4 is 11.6 Å². The molecule has 75 valence electrons. The summed E-state index contributed by atoms with van der Waals surface area (Å²) in [5.41, 5.74) is 1.22. The average Bonchev–Trinajstić information content (AvgIpc) is 2.52. The van der Waals surface area contributed by atoms with Gasteiger partial charge in [-0.25, -0.2) is 4.98 Å². The van der Waals surface area contributed by atoms with E-state index in [1.165, 1.54) is 18.4 Å². The van der Waals surface area contributed by atoms with Crippen LogP contribution >= 0.6 is 11.6 Å². The zero-order valence-electron chi connectivity index (χ0n) is 8.12. The molecule has 1 aliphatic rings. The summed E-state index contributed by atoms with van der Waals surface area (Å²) < 4.78 is 0. The lowest BCUT2D eigenvalue weighted by Gasteiger charge is -2.20. The molecule has 1 aliphatic heterocycles. The van der Waals surface area contributed by atoms with Crippen LogP contribution in [0.4, 0.5) is 0 Å². The third-order valence-corrected chi connectivity index (χ3v) is 2.88. The van der Waals surface area contributed by atoms with Crippen LogP contribution in [-0.2, 0) is 6.54 Å². The zero-order valence-corrected chi connectivity index (χ0v) is 8.87. The molecule has 0 spiro atoms. The van der Waals surface area contributed by atoms with Crippen molar-refractivity contribution < 1.29 is 0 Å². The highest BCUT2D eigenvalue weighted by Gasteiger charge is 2.19. The Bertz CT molecular complexity index is 314. The number of pyridine rings is 1. The van der Waals surface area contributed by atoms with Crippen molar-refractivity contribution in [1.82, 2.24) is 9.88 Å². The van der Waals surface area contributed by atoms with Crippen LogP contribution in [0.1, 0.15) is 18.4 Å². The number of likely N-dealkylation sites (tertiary alicyclic amines) is 1. The molecule has 0 aromatic carbocycles. The number of hydrogen-bond acceptors (Lipinski definition) is 2. The first-order chi connectivity index (χ1) is 6.75. The molecule has 1 unspecified atom stereocenters. The Morgan fingerprint density at radius 1 is 1.64 bits per heavy atom. The predicted molar refractivity (Wildman–Crippen MR) is 58.0 cm³/mol. The molecule has 3 heteroatoms. The Kier molecular flexibility index (Phi) is 3.04. The van der Waals surface area contributed by atoms with Crippen molar-refractivity contribution in [3.05, 3.63) is 36.0 Å². The maximum atomic E-state index is 5.82. The van der Waals surface area contributed by atoms with Crippen LogP contribution in [0.3, 0.4) is 0 Å². The quantitative estimate of drug-likeness (QED) is 0.696. The summed E-state index contributed by atoms with van der Waals surface area (Å²) in [7, 11) is 0. The van der Waals surface area contributed by atoms with E-state index in [-0.39, 0.29) is 0 Å². The fourth-order valence-corrected chi connectivity index (χ4v) is 2.08. The topological polar surface area (TPSA) is 16.1 Å². The smallest absolute Gasteiger partial charge is 0.129 e. The van der Waals surface area contributed by atoms with E-state index in [1.54, 1.807) is 6.20 Å². The lowest BCUT2D eigenvalue weighted by molar-refractivity contribution is 0.279. The first kappa shape index (κ1) is 9.94. The van der Waals surface area contributed by atoms with Gasteiger partial charge in [0.15, 0.2) is 0 Å². The highest BCUT2D eigenvalue weighted by molar-refractivity contribution is 6.29. The molecular weight excluding hydrogens is 196 g/mol. The zero-order chi connectivity index (χ0) is 9.97. The van der Waals surface area contributed by atoms with E-state index in [1.807, 2.05) is 12.1 Å². The number of hydrogen-bond donors (Lipinski definition) is 0. The highest BCUT2D eigenvalue weighted by Crippen LogP contribution is 2.19. The van der Waals surface area contributed by atoms with Crippen molar-refractivity contribution in [2.24, 2.45) is 0 Å². The fourth-order valence-electron chi connectivity index (χ4n) is 1.88. The standard InChI is InChI=1S/C11H14ClN2/c1-9-3-2-6-14(9)8-10-4-5-13-11(12)7-10/h4-5,7,9H,1-3,6,8H2. The average molecular weight is 210 g/mol. The minimum absolute atomic E-state index is 0.460. The van der Waals surface area contributed by atoms with Crippen molar-refractivity contribution in [2.45, 2.75) is 25.4 Å². The van der Waals surface area contributed by atoms with Crippen LogP contribution in [0.5, 0.6) is 0 Å². The van der Waals surface area contributed by atoms with Gasteiger partial charge in [0.05, 0.1) is 0 Å². The monoisotopic (exact) mass is 209 g/mol. The molecule has 1 atom stereocenters. The van der Waals surface area contributed by atoms with Crippen molar-refractivity contribution in [3.8, 4) is 0 Å². The SMILES string of the molecule is [CH2]C1CCCN1Cc1ccnc(Cl)c1. The van der Waals surface area contributed by atoms with Gasteiger partial charge in [-0.1, -0.05) is 11.6 Å². The third-order valence-electron chi connectivity index (χ3n) is 2.68. The van der Waals surface area contributed by atoms with E-state index in [4.69, 9.17) is 11.6 Å². The van der Waals surface area contributed by atoms with Gasteiger partial charge in [0.2, 0.25) is 0 Å². The summed E-state index contributed by atoms with van der Waals surface area (Å²) in [4.78, 5) is 6.35. The lowest BCUT2D eigenvalue weighted by Crippen LogP contribution is -2.26. The summed E-state index contributed by atoms with van der Waals surface area (Å²) in [6.45, 7) is 6.20. The number of halogens is 1. The maximum Gasteiger partial charge on any atom is 0.129 e. The second-order valence-electron chi connectivity index (χ2n) is 3.75. The van der Waals surface area contributed by atoms with Crippen LogP contribution in [0, 0.1) is 6.92 Å². The van der Waals surface area contributed by atoms with Gasteiger partial charge in [0.1, 0.15) is 5.15 Å². The Morgan fingerprint density at radius 3 is 3.14 bits per heavy atom. The first-order valence-corrected chi connectivity index (χ1v) is 5.31. The molecule has 0 N–H and O–H groups in total. The largest absolute Gasteiger partial charge is 0.296 e. The molecule has 1 fully saturated rings. The van der Waals surface area contributed by atoms with Gasteiger partial charge in [0, 0.05) is 18.8 Å². The molecule has 0 saturated carbocycles. The van der Waals surface area contributed by atoms with E-state index in [0.29, 0.717) is 11.2 Å².